The smallest absolute Gasteiger partial charge is 0.281 e. The Morgan fingerprint density at radius 1 is 1.05 bits per heavy atom. The molecule has 1 unspecified atom stereocenters. The number of benzene rings is 2. The normalized spacial score (nSPS) is 12.2. The van der Waals surface area contributed by atoms with Crippen LogP contribution < -0.4 is 15.6 Å². The number of rotatable bonds is 6. The second-order valence-corrected chi connectivity index (χ2v) is 9.97. The van der Waals surface area contributed by atoms with Crippen LogP contribution in [0, 0.1) is 6.92 Å². The molecule has 0 spiro atoms. The van der Waals surface area contributed by atoms with Gasteiger partial charge in [0.15, 0.2) is 5.69 Å². The zero-order valence-electron chi connectivity index (χ0n) is 21.4. The summed E-state index contributed by atoms with van der Waals surface area (Å²) in [4.78, 5) is 36.8. The summed E-state index contributed by atoms with van der Waals surface area (Å²) < 4.78 is 4.23. The van der Waals surface area contributed by atoms with Gasteiger partial charge in [0.25, 0.3) is 11.5 Å². The van der Waals surface area contributed by atoms with Crippen molar-refractivity contribution in [2.45, 2.75) is 19.9 Å². The Morgan fingerprint density at radius 3 is 2.58 bits per heavy atom. The number of carbonyl (C=O) groups is 1. The number of nitrogens with zero attached hydrogens (tertiary/aromatic N) is 6. The van der Waals surface area contributed by atoms with Gasteiger partial charge in [-0.15, -0.1) is 0 Å². The van der Waals surface area contributed by atoms with Gasteiger partial charge in [-0.2, -0.15) is 15.0 Å². The van der Waals surface area contributed by atoms with Crippen LogP contribution in [0.25, 0.3) is 33.3 Å². The van der Waals surface area contributed by atoms with E-state index >= 15 is 0 Å². The van der Waals surface area contributed by atoms with Gasteiger partial charge in [-0.1, -0.05) is 29.6 Å². The molecule has 0 aliphatic heterocycles. The molecule has 0 saturated heterocycles. The molecule has 1 atom stereocenters. The fourth-order valence-electron chi connectivity index (χ4n) is 4.48. The van der Waals surface area contributed by atoms with Gasteiger partial charge in [0.2, 0.25) is 0 Å². The Labute approximate surface area is 227 Å². The van der Waals surface area contributed by atoms with Gasteiger partial charge in [-0.25, -0.2) is 9.97 Å². The van der Waals surface area contributed by atoms with Crippen LogP contribution >= 0.6 is 23.5 Å². The highest BCUT2D eigenvalue weighted by molar-refractivity contribution is 7.97. The first-order valence-corrected chi connectivity index (χ1v) is 13.4. The Morgan fingerprint density at radius 2 is 1.82 bits per heavy atom. The van der Waals surface area contributed by atoms with Gasteiger partial charge in [0.1, 0.15) is 22.0 Å². The van der Waals surface area contributed by atoms with Crippen LogP contribution in [0.4, 0.5) is 5.69 Å². The Bertz CT molecular complexity index is 1780. The van der Waals surface area contributed by atoms with Crippen LogP contribution in [0.5, 0.6) is 0 Å². The van der Waals surface area contributed by atoms with Crippen LogP contribution in [0.2, 0.25) is 5.15 Å². The lowest BCUT2D eigenvalue weighted by molar-refractivity contribution is 0.0980. The van der Waals surface area contributed by atoms with Crippen molar-refractivity contribution < 1.29 is 4.79 Å². The van der Waals surface area contributed by atoms with Crippen molar-refractivity contribution in [1.29, 1.82) is 0 Å². The highest BCUT2D eigenvalue weighted by atomic mass is 35.5. The molecule has 5 rings (SSSR count). The topological polar surface area (TPSA) is 120 Å². The van der Waals surface area contributed by atoms with E-state index in [2.05, 4.69) is 25.2 Å². The third-order valence-electron chi connectivity index (χ3n) is 6.20. The maximum Gasteiger partial charge on any atom is 0.281 e. The molecule has 0 saturated carbocycles. The van der Waals surface area contributed by atoms with E-state index in [0.29, 0.717) is 27.9 Å². The summed E-state index contributed by atoms with van der Waals surface area (Å²) in [6.45, 7) is 3.88. The Balaban J connectivity index is 1.64. The van der Waals surface area contributed by atoms with E-state index in [1.807, 2.05) is 44.2 Å². The summed E-state index contributed by atoms with van der Waals surface area (Å²) in [5.74, 6) is 0.151. The van der Waals surface area contributed by atoms with Crippen molar-refractivity contribution in [2.24, 2.45) is 14.1 Å². The van der Waals surface area contributed by atoms with E-state index in [9.17, 15) is 9.59 Å². The van der Waals surface area contributed by atoms with Crippen molar-refractivity contribution >= 4 is 57.1 Å². The maximum atomic E-state index is 13.5. The maximum absolute atomic E-state index is 13.5. The number of aryl methyl sites for hydroxylation is 2. The number of hydrogen-bond acceptors (Lipinski definition) is 8. The largest absolute Gasteiger partial charge is 0.377 e. The van der Waals surface area contributed by atoms with Crippen molar-refractivity contribution in [3.05, 3.63) is 74.8 Å². The molecule has 0 aliphatic rings. The molecule has 2 N–H and O–H groups in total. The molecule has 0 fully saturated rings. The summed E-state index contributed by atoms with van der Waals surface area (Å²) >= 11 is 7.25. The van der Waals surface area contributed by atoms with Crippen molar-refractivity contribution in [2.75, 3.05) is 11.6 Å². The first kappa shape index (κ1) is 25.7. The number of pyridine rings is 1. The second kappa shape index (κ2) is 10.1. The SMILES string of the molecule is CSNC(=O)c1nc(Cl)ccc1NC(C)c1cc(C)cc2c(=O)n(C)c(-c3ccc4nn(C)nc4c3)nc12. The van der Waals surface area contributed by atoms with E-state index in [1.54, 1.807) is 37.1 Å². The molecule has 2 aromatic carbocycles. The first-order chi connectivity index (χ1) is 18.2. The number of aromatic nitrogens is 6. The Hall–Kier alpha value is -3.96. The number of amides is 1. The molecule has 194 valence electrons. The number of fused-ring (bicyclic) bond motifs is 2. The molecule has 12 heteroatoms. The lowest BCUT2D eigenvalue weighted by atomic mass is 10.0. The summed E-state index contributed by atoms with van der Waals surface area (Å²) in [7, 11) is 3.48. The molecule has 10 nitrogen and oxygen atoms in total. The minimum atomic E-state index is -0.363. The van der Waals surface area contributed by atoms with Crippen molar-refractivity contribution in [3.63, 3.8) is 0 Å². The van der Waals surface area contributed by atoms with Gasteiger partial charge in [0, 0.05) is 31.5 Å². The molecule has 0 aliphatic carbocycles. The van der Waals surface area contributed by atoms with E-state index in [4.69, 9.17) is 16.6 Å². The molecule has 5 aromatic rings. The van der Waals surface area contributed by atoms with E-state index in [1.165, 1.54) is 16.7 Å². The molecule has 3 heterocycles. The third kappa shape index (κ3) is 4.70. The van der Waals surface area contributed by atoms with E-state index < -0.39 is 0 Å². The predicted octanol–water partition coefficient (Wildman–Crippen LogP) is 4.42. The van der Waals surface area contributed by atoms with Gasteiger partial charge in [-0.05, 0) is 55.8 Å². The van der Waals surface area contributed by atoms with Crippen LogP contribution in [0.3, 0.4) is 0 Å². The van der Waals surface area contributed by atoms with Crippen LogP contribution in [-0.4, -0.2) is 41.7 Å². The van der Waals surface area contributed by atoms with Gasteiger partial charge >= 0.3 is 0 Å². The standard InChI is InChI=1S/C26H25ClN8O2S/c1-13-10-16(14(2)28-19-8-9-21(27)29-23(19)25(36)33-38-5)22-17(11-13)26(37)34(3)24(30-22)15-6-7-18-20(12-15)32-35(4)31-18/h6-12,14,28H,1-5H3,(H,33,36). The number of nitrogens with one attached hydrogen (secondary N) is 2. The lowest BCUT2D eigenvalue weighted by Gasteiger charge is -2.20. The van der Waals surface area contributed by atoms with Crippen LogP contribution in [0.1, 0.15) is 34.6 Å². The minimum Gasteiger partial charge on any atom is -0.377 e. The molecular formula is C26H25ClN8O2S. The highest BCUT2D eigenvalue weighted by Gasteiger charge is 2.20. The van der Waals surface area contributed by atoms with E-state index in [0.717, 1.165) is 22.2 Å². The van der Waals surface area contributed by atoms with Crippen molar-refractivity contribution in [1.82, 2.24) is 34.3 Å². The van der Waals surface area contributed by atoms with E-state index in [-0.39, 0.29) is 28.4 Å². The number of carbonyl (C=O) groups excluding carboxylic acids is 1. The van der Waals surface area contributed by atoms with Crippen LogP contribution in [-0.2, 0) is 14.1 Å². The first-order valence-electron chi connectivity index (χ1n) is 11.8. The predicted molar refractivity (Wildman–Crippen MR) is 151 cm³/mol. The molecule has 0 radical (unpaired) electrons. The number of anilines is 1. The van der Waals surface area contributed by atoms with Crippen molar-refractivity contribution in [3.8, 4) is 11.4 Å². The quantitative estimate of drug-likeness (QED) is 0.236. The van der Waals surface area contributed by atoms with Gasteiger partial charge in [-0.3, -0.25) is 18.9 Å². The molecular weight excluding hydrogens is 524 g/mol. The fourth-order valence-corrected chi connectivity index (χ4v) is 4.91. The lowest BCUT2D eigenvalue weighted by Crippen LogP contribution is -2.22. The summed E-state index contributed by atoms with van der Waals surface area (Å²) in [6, 6.07) is 12.5. The third-order valence-corrected chi connectivity index (χ3v) is 6.80. The monoisotopic (exact) mass is 548 g/mol. The minimum absolute atomic E-state index is 0.158. The number of halogens is 1. The summed E-state index contributed by atoms with van der Waals surface area (Å²) in [5, 5.41) is 12.8. The number of hydrogen-bond donors (Lipinski definition) is 2. The average Bonchev–Trinajstić information content (AvgIpc) is 3.26. The van der Waals surface area contributed by atoms with Gasteiger partial charge < -0.3 is 5.32 Å². The molecule has 1 amide bonds. The molecule has 38 heavy (non-hydrogen) atoms. The molecule has 0 bridgehead atoms. The summed E-state index contributed by atoms with van der Waals surface area (Å²) in [5.41, 5.74) is 5.06. The fraction of sp³-hybridized carbons (Fsp3) is 0.231. The van der Waals surface area contributed by atoms with Gasteiger partial charge in [0.05, 0.1) is 22.6 Å². The Kier molecular flexibility index (Phi) is 6.80. The van der Waals surface area contributed by atoms with Crippen LogP contribution in [0.15, 0.2) is 47.3 Å². The second-order valence-electron chi connectivity index (χ2n) is 8.97. The summed E-state index contributed by atoms with van der Waals surface area (Å²) in [6.07, 6.45) is 1.75. The zero-order chi connectivity index (χ0) is 27.1. The average molecular weight is 549 g/mol. The molecule has 3 aromatic heterocycles. The zero-order valence-corrected chi connectivity index (χ0v) is 23.0. The highest BCUT2D eigenvalue weighted by Crippen LogP contribution is 2.30.